The second kappa shape index (κ2) is 5.54. The molecule has 78 valence electrons. The summed E-state index contributed by atoms with van der Waals surface area (Å²) in [5, 5.41) is 3.17. The number of nitrogens with zero attached hydrogens (tertiary/aromatic N) is 2. The molecule has 14 heavy (non-hydrogen) atoms. The van der Waals surface area contributed by atoms with Crippen molar-refractivity contribution in [1.29, 1.82) is 0 Å². The normalized spacial score (nSPS) is 12.5. The van der Waals surface area contributed by atoms with E-state index in [1.165, 1.54) is 0 Å². The minimum atomic E-state index is 0.139. The highest BCUT2D eigenvalue weighted by molar-refractivity contribution is 5.34. The van der Waals surface area contributed by atoms with E-state index < -0.39 is 0 Å². The van der Waals surface area contributed by atoms with Crippen molar-refractivity contribution in [2.45, 2.75) is 32.7 Å². The number of nitrogens with two attached hydrogens (primary N) is 1. The summed E-state index contributed by atoms with van der Waals surface area (Å²) in [6, 6.07) is 2.12. The van der Waals surface area contributed by atoms with Gasteiger partial charge >= 0.3 is 0 Å². The fourth-order valence-electron chi connectivity index (χ4n) is 1.15. The van der Waals surface area contributed by atoms with E-state index in [1.54, 1.807) is 6.33 Å². The molecule has 1 atom stereocenters. The van der Waals surface area contributed by atoms with Crippen LogP contribution in [0.2, 0.25) is 0 Å². The first kappa shape index (κ1) is 10.9. The highest BCUT2D eigenvalue weighted by Gasteiger charge is 1.98. The average Bonchev–Trinajstić information content (AvgIpc) is 2.16. The van der Waals surface area contributed by atoms with Crippen molar-refractivity contribution >= 4 is 5.82 Å². The number of aromatic nitrogens is 2. The SMILES string of the molecule is CCCc1cc(NCC(C)N)ncn1. The van der Waals surface area contributed by atoms with Gasteiger partial charge < -0.3 is 11.1 Å². The molecule has 1 heterocycles. The molecule has 0 aromatic carbocycles. The smallest absolute Gasteiger partial charge is 0.129 e. The van der Waals surface area contributed by atoms with Crippen molar-refractivity contribution in [3.8, 4) is 0 Å². The van der Waals surface area contributed by atoms with E-state index in [9.17, 15) is 0 Å². The topological polar surface area (TPSA) is 63.8 Å². The van der Waals surface area contributed by atoms with Crippen LogP contribution in [-0.2, 0) is 6.42 Å². The van der Waals surface area contributed by atoms with E-state index in [1.807, 2.05) is 13.0 Å². The molecule has 1 unspecified atom stereocenters. The van der Waals surface area contributed by atoms with Gasteiger partial charge in [0.2, 0.25) is 0 Å². The molecule has 4 heteroatoms. The van der Waals surface area contributed by atoms with Crippen LogP contribution in [0.4, 0.5) is 5.82 Å². The molecule has 1 aromatic rings. The molecule has 0 amide bonds. The Bertz CT molecular complexity index is 273. The van der Waals surface area contributed by atoms with Gasteiger partial charge in [0, 0.05) is 24.3 Å². The first-order chi connectivity index (χ1) is 6.72. The molecule has 0 fully saturated rings. The fourth-order valence-corrected chi connectivity index (χ4v) is 1.15. The van der Waals surface area contributed by atoms with Crippen LogP contribution in [-0.4, -0.2) is 22.6 Å². The van der Waals surface area contributed by atoms with E-state index in [-0.39, 0.29) is 6.04 Å². The summed E-state index contributed by atoms with van der Waals surface area (Å²) in [5.41, 5.74) is 6.71. The Hall–Kier alpha value is -1.16. The van der Waals surface area contributed by atoms with E-state index in [4.69, 9.17) is 5.73 Å². The zero-order chi connectivity index (χ0) is 10.4. The van der Waals surface area contributed by atoms with E-state index in [0.29, 0.717) is 0 Å². The number of anilines is 1. The number of aryl methyl sites for hydroxylation is 1. The van der Waals surface area contributed by atoms with Crippen molar-refractivity contribution in [3.05, 3.63) is 18.1 Å². The molecule has 1 aromatic heterocycles. The van der Waals surface area contributed by atoms with Gasteiger partial charge in [-0.15, -0.1) is 0 Å². The molecule has 0 aliphatic carbocycles. The third-order valence-electron chi connectivity index (χ3n) is 1.84. The van der Waals surface area contributed by atoms with Crippen molar-refractivity contribution < 1.29 is 0 Å². The summed E-state index contributed by atoms with van der Waals surface area (Å²) in [6.45, 7) is 4.83. The monoisotopic (exact) mass is 194 g/mol. The summed E-state index contributed by atoms with van der Waals surface area (Å²) < 4.78 is 0. The van der Waals surface area contributed by atoms with Crippen LogP contribution in [0.1, 0.15) is 26.0 Å². The van der Waals surface area contributed by atoms with Crippen LogP contribution < -0.4 is 11.1 Å². The lowest BCUT2D eigenvalue weighted by atomic mass is 10.2. The maximum absolute atomic E-state index is 5.63. The summed E-state index contributed by atoms with van der Waals surface area (Å²) in [4.78, 5) is 8.29. The number of rotatable bonds is 5. The first-order valence-corrected chi connectivity index (χ1v) is 5.02. The summed E-state index contributed by atoms with van der Waals surface area (Å²) in [6.07, 6.45) is 3.69. The Morgan fingerprint density at radius 1 is 1.50 bits per heavy atom. The first-order valence-electron chi connectivity index (χ1n) is 5.02. The van der Waals surface area contributed by atoms with E-state index in [0.717, 1.165) is 30.9 Å². The Kier molecular flexibility index (Phi) is 4.32. The second-order valence-corrected chi connectivity index (χ2v) is 3.50. The minimum Gasteiger partial charge on any atom is -0.368 e. The minimum absolute atomic E-state index is 0.139. The van der Waals surface area contributed by atoms with Crippen molar-refractivity contribution in [3.63, 3.8) is 0 Å². The highest BCUT2D eigenvalue weighted by Crippen LogP contribution is 2.05. The van der Waals surface area contributed by atoms with E-state index in [2.05, 4.69) is 22.2 Å². The molecule has 0 saturated carbocycles. The third kappa shape index (κ3) is 3.70. The van der Waals surface area contributed by atoms with Crippen LogP contribution in [0.25, 0.3) is 0 Å². The molecule has 3 N–H and O–H groups in total. The lowest BCUT2D eigenvalue weighted by molar-refractivity contribution is 0.775. The van der Waals surface area contributed by atoms with Gasteiger partial charge in [0.1, 0.15) is 12.1 Å². The Morgan fingerprint density at radius 2 is 2.29 bits per heavy atom. The van der Waals surface area contributed by atoms with Gasteiger partial charge in [-0.2, -0.15) is 0 Å². The number of hydrogen-bond donors (Lipinski definition) is 2. The Labute approximate surface area is 85.0 Å². The molecule has 0 radical (unpaired) electrons. The van der Waals surface area contributed by atoms with Gasteiger partial charge in [-0.1, -0.05) is 13.3 Å². The largest absolute Gasteiger partial charge is 0.368 e. The van der Waals surface area contributed by atoms with Gasteiger partial charge in [-0.25, -0.2) is 9.97 Å². The molecule has 4 nitrogen and oxygen atoms in total. The molecule has 0 aliphatic rings. The summed E-state index contributed by atoms with van der Waals surface area (Å²) in [5.74, 6) is 0.862. The third-order valence-corrected chi connectivity index (χ3v) is 1.84. The van der Waals surface area contributed by atoms with Crippen molar-refractivity contribution in [2.75, 3.05) is 11.9 Å². The molecule has 1 rings (SSSR count). The van der Waals surface area contributed by atoms with Gasteiger partial charge in [0.05, 0.1) is 0 Å². The van der Waals surface area contributed by atoms with E-state index >= 15 is 0 Å². The lowest BCUT2D eigenvalue weighted by Gasteiger charge is -2.08. The molecule has 0 spiro atoms. The number of hydrogen-bond acceptors (Lipinski definition) is 4. The molecular weight excluding hydrogens is 176 g/mol. The predicted octanol–water partition coefficient (Wildman–Crippen LogP) is 1.19. The maximum Gasteiger partial charge on any atom is 0.129 e. The van der Waals surface area contributed by atoms with Crippen LogP contribution in [0.5, 0.6) is 0 Å². The van der Waals surface area contributed by atoms with Crippen molar-refractivity contribution in [1.82, 2.24) is 9.97 Å². The number of nitrogens with one attached hydrogen (secondary N) is 1. The van der Waals surface area contributed by atoms with Crippen LogP contribution >= 0.6 is 0 Å². The second-order valence-electron chi connectivity index (χ2n) is 3.50. The molecular formula is C10H18N4. The fraction of sp³-hybridized carbons (Fsp3) is 0.600. The predicted molar refractivity (Wildman–Crippen MR) is 58.2 cm³/mol. The maximum atomic E-state index is 5.63. The van der Waals surface area contributed by atoms with Crippen LogP contribution in [0, 0.1) is 0 Å². The summed E-state index contributed by atoms with van der Waals surface area (Å²) >= 11 is 0. The highest BCUT2D eigenvalue weighted by atomic mass is 15.0. The zero-order valence-corrected chi connectivity index (χ0v) is 8.83. The zero-order valence-electron chi connectivity index (χ0n) is 8.83. The van der Waals surface area contributed by atoms with Crippen LogP contribution in [0.15, 0.2) is 12.4 Å². The molecule has 0 saturated heterocycles. The Balaban J connectivity index is 2.54. The van der Waals surface area contributed by atoms with Gasteiger partial charge in [-0.05, 0) is 13.3 Å². The molecule has 0 aliphatic heterocycles. The average molecular weight is 194 g/mol. The van der Waals surface area contributed by atoms with Gasteiger partial charge in [-0.3, -0.25) is 0 Å². The standard InChI is InChI=1S/C10H18N4/c1-3-4-9-5-10(14-7-13-9)12-6-8(2)11/h5,7-8H,3-4,6,11H2,1-2H3,(H,12,13,14). The van der Waals surface area contributed by atoms with Gasteiger partial charge in [0.25, 0.3) is 0 Å². The van der Waals surface area contributed by atoms with Gasteiger partial charge in [0.15, 0.2) is 0 Å². The quantitative estimate of drug-likeness (QED) is 0.739. The summed E-state index contributed by atoms with van der Waals surface area (Å²) in [7, 11) is 0. The Morgan fingerprint density at radius 3 is 2.93 bits per heavy atom. The van der Waals surface area contributed by atoms with Crippen LogP contribution in [0.3, 0.4) is 0 Å². The van der Waals surface area contributed by atoms with Crippen molar-refractivity contribution in [2.24, 2.45) is 5.73 Å². The lowest BCUT2D eigenvalue weighted by Crippen LogP contribution is -2.25. The molecule has 0 bridgehead atoms.